The molecule has 1 aromatic heterocycles. The quantitative estimate of drug-likeness (QED) is 0.708. The third kappa shape index (κ3) is 3.28. The molecule has 0 unspecified atom stereocenters. The minimum absolute atomic E-state index is 0.0972. The highest BCUT2D eigenvalue weighted by atomic mass is 79.9. The van der Waals surface area contributed by atoms with Gasteiger partial charge >= 0.3 is 0 Å². The summed E-state index contributed by atoms with van der Waals surface area (Å²) < 4.78 is 6.41. The summed E-state index contributed by atoms with van der Waals surface area (Å²) in [6.07, 6.45) is 1.88. The highest BCUT2D eigenvalue weighted by molar-refractivity contribution is 9.10. The molecule has 0 fully saturated rings. The lowest BCUT2D eigenvalue weighted by Crippen LogP contribution is -2.14. The van der Waals surface area contributed by atoms with E-state index in [9.17, 15) is 4.79 Å². The van der Waals surface area contributed by atoms with Crippen molar-refractivity contribution in [2.24, 2.45) is 0 Å². The molecule has 0 aliphatic rings. The summed E-state index contributed by atoms with van der Waals surface area (Å²) >= 11 is 9.24. The highest BCUT2D eigenvalue weighted by Crippen LogP contribution is 2.25. The third-order valence-electron chi connectivity index (χ3n) is 3.09. The molecule has 0 saturated carbocycles. The Labute approximate surface area is 135 Å². The minimum Gasteiger partial charge on any atom is -0.464 e. The highest BCUT2D eigenvalue weighted by Gasteiger charge is 2.11. The second kappa shape index (κ2) is 5.92. The normalized spacial score (nSPS) is 10.8. The van der Waals surface area contributed by atoms with Crippen molar-refractivity contribution in [3.05, 3.63) is 63.8 Å². The molecular formula is C16H11BrClNO2. The summed E-state index contributed by atoms with van der Waals surface area (Å²) in [6, 6.07) is 12.7. The smallest absolute Gasteiger partial charge is 0.228 e. The SMILES string of the molecule is O=C(Cc1coc2ccc(Br)cc12)Nc1ccc(Cl)cc1. The van der Waals surface area contributed by atoms with Crippen molar-refractivity contribution in [1.82, 2.24) is 0 Å². The molecule has 0 bridgehead atoms. The number of benzene rings is 2. The number of fused-ring (bicyclic) bond motifs is 1. The van der Waals surface area contributed by atoms with Gasteiger partial charge in [-0.2, -0.15) is 0 Å². The first kappa shape index (κ1) is 14.2. The van der Waals surface area contributed by atoms with Gasteiger partial charge in [0.25, 0.3) is 0 Å². The van der Waals surface area contributed by atoms with E-state index in [1.807, 2.05) is 18.2 Å². The third-order valence-corrected chi connectivity index (χ3v) is 3.84. The monoisotopic (exact) mass is 363 g/mol. The summed E-state index contributed by atoms with van der Waals surface area (Å²) in [5, 5.41) is 4.41. The Hall–Kier alpha value is -1.78. The lowest BCUT2D eigenvalue weighted by Gasteiger charge is -2.04. The van der Waals surface area contributed by atoms with Crippen LogP contribution in [0.5, 0.6) is 0 Å². The molecule has 0 atom stereocenters. The predicted octanol–water partition coefficient (Wildman–Crippen LogP) is 5.03. The van der Waals surface area contributed by atoms with Gasteiger partial charge in [0.05, 0.1) is 12.7 Å². The van der Waals surface area contributed by atoms with E-state index >= 15 is 0 Å². The van der Waals surface area contributed by atoms with Gasteiger partial charge in [0.1, 0.15) is 5.58 Å². The number of anilines is 1. The average molecular weight is 365 g/mol. The van der Waals surface area contributed by atoms with E-state index in [0.29, 0.717) is 5.02 Å². The van der Waals surface area contributed by atoms with Gasteiger partial charge in [-0.05, 0) is 42.5 Å². The Balaban J connectivity index is 1.77. The van der Waals surface area contributed by atoms with Crippen LogP contribution >= 0.6 is 27.5 Å². The minimum atomic E-state index is -0.0972. The second-order valence-electron chi connectivity index (χ2n) is 4.63. The molecule has 0 radical (unpaired) electrons. The van der Waals surface area contributed by atoms with Gasteiger partial charge in [-0.3, -0.25) is 4.79 Å². The molecule has 3 nitrogen and oxygen atoms in total. The van der Waals surface area contributed by atoms with E-state index in [2.05, 4.69) is 21.2 Å². The van der Waals surface area contributed by atoms with Crippen molar-refractivity contribution in [2.45, 2.75) is 6.42 Å². The Morgan fingerprint density at radius 2 is 1.95 bits per heavy atom. The summed E-state index contributed by atoms with van der Waals surface area (Å²) in [7, 11) is 0. The van der Waals surface area contributed by atoms with E-state index in [1.165, 1.54) is 0 Å². The summed E-state index contributed by atoms with van der Waals surface area (Å²) in [6.45, 7) is 0. The van der Waals surface area contributed by atoms with Crippen molar-refractivity contribution in [3.63, 3.8) is 0 Å². The summed E-state index contributed by atoms with van der Waals surface area (Å²) in [5.41, 5.74) is 2.35. The van der Waals surface area contributed by atoms with Gasteiger partial charge in [-0.15, -0.1) is 0 Å². The van der Waals surface area contributed by atoms with Gasteiger partial charge in [0.2, 0.25) is 5.91 Å². The van der Waals surface area contributed by atoms with Crippen LogP contribution in [0.15, 0.2) is 57.6 Å². The molecule has 0 saturated heterocycles. The molecule has 3 rings (SSSR count). The van der Waals surface area contributed by atoms with Gasteiger partial charge < -0.3 is 9.73 Å². The van der Waals surface area contributed by atoms with E-state index in [0.717, 1.165) is 26.7 Å². The molecule has 3 aromatic rings. The number of hydrogen-bond donors (Lipinski definition) is 1. The van der Waals surface area contributed by atoms with Crippen LogP contribution in [0, 0.1) is 0 Å². The van der Waals surface area contributed by atoms with E-state index in [1.54, 1.807) is 30.5 Å². The average Bonchev–Trinajstić information content (AvgIpc) is 2.84. The molecule has 1 amide bonds. The maximum absolute atomic E-state index is 12.1. The number of carbonyl (C=O) groups is 1. The fourth-order valence-electron chi connectivity index (χ4n) is 2.10. The number of rotatable bonds is 3. The van der Waals surface area contributed by atoms with Crippen molar-refractivity contribution >= 4 is 50.1 Å². The fraction of sp³-hybridized carbons (Fsp3) is 0.0625. The number of hydrogen-bond acceptors (Lipinski definition) is 2. The van der Waals surface area contributed by atoms with Gasteiger partial charge in [-0.1, -0.05) is 27.5 Å². The van der Waals surface area contributed by atoms with Crippen LogP contribution in [-0.4, -0.2) is 5.91 Å². The van der Waals surface area contributed by atoms with E-state index < -0.39 is 0 Å². The Bertz CT molecular complexity index is 796. The molecule has 1 heterocycles. The van der Waals surface area contributed by atoms with Crippen molar-refractivity contribution in [2.75, 3.05) is 5.32 Å². The van der Waals surface area contributed by atoms with Crippen molar-refractivity contribution < 1.29 is 9.21 Å². The Kier molecular flexibility index (Phi) is 3.99. The maximum Gasteiger partial charge on any atom is 0.228 e. The largest absolute Gasteiger partial charge is 0.464 e. The zero-order valence-corrected chi connectivity index (χ0v) is 13.2. The summed E-state index contributed by atoms with van der Waals surface area (Å²) in [5.74, 6) is -0.0972. The van der Waals surface area contributed by atoms with Crippen molar-refractivity contribution in [1.29, 1.82) is 0 Å². The summed E-state index contributed by atoms with van der Waals surface area (Å²) in [4.78, 5) is 12.1. The molecule has 0 aliphatic carbocycles. The molecule has 5 heteroatoms. The van der Waals surface area contributed by atoms with E-state index in [4.69, 9.17) is 16.0 Å². The second-order valence-corrected chi connectivity index (χ2v) is 5.99. The standard InChI is InChI=1S/C16H11BrClNO2/c17-11-1-6-15-14(8-11)10(9-21-15)7-16(20)19-13-4-2-12(18)3-5-13/h1-6,8-9H,7H2,(H,19,20). The maximum atomic E-state index is 12.1. The van der Waals surface area contributed by atoms with Crippen LogP contribution in [0.25, 0.3) is 11.0 Å². The van der Waals surface area contributed by atoms with Crippen LogP contribution < -0.4 is 5.32 Å². The van der Waals surface area contributed by atoms with Crippen LogP contribution in [-0.2, 0) is 11.2 Å². The topological polar surface area (TPSA) is 42.2 Å². The molecule has 1 N–H and O–H groups in total. The number of carbonyl (C=O) groups excluding carboxylic acids is 1. The number of nitrogens with one attached hydrogen (secondary N) is 1. The van der Waals surface area contributed by atoms with Gasteiger partial charge in [0, 0.05) is 26.1 Å². The lowest BCUT2D eigenvalue weighted by molar-refractivity contribution is -0.115. The first-order valence-corrected chi connectivity index (χ1v) is 7.50. The zero-order chi connectivity index (χ0) is 14.8. The molecular weight excluding hydrogens is 354 g/mol. The molecule has 0 aliphatic heterocycles. The number of amides is 1. The fourth-order valence-corrected chi connectivity index (χ4v) is 2.59. The first-order chi connectivity index (χ1) is 10.1. The Morgan fingerprint density at radius 1 is 1.19 bits per heavy atom. The number of halogens is 2. The van der Waals surface area contributed by atoms with Crippen LogP contribution in [0.1, 0.15) is 5.56 Å². The predicted molar refractivity (Wildman–Crippen MR) is 87.7 cm³/mol. The lowest BCUT2D eigenvalue weighted by atomic mass is 10.1. The number of furan rings is 1. The molecule has 21 heavy (non-hydrogen) atoms. The van der Waals surface area contributed by atoms with Crippen LogP contribution in [0.2, 0.25) is 5.02 Å². The molecule has 0 spiro atoms. The van der Waals surface area contributed by atoms with Crippen LogP contribution in [0.3, 0.4) is 0 Å². The Morgan fingerprint density at radius 3 is 2.71 bits per heavy atom. The van der Waals surface area contributed by atoms with Gasteiger partial charge in [-0.25, -0.2) is 0 Å². The van der Waals surface area contributed by atoms with E-state index in [-0.39, 0.29) is 12.3 Å². The zero-order valence-electron chi connectivity index (χ0n) is 10.9. The van der Waals surface area contributed by atoms with Crippen molar-refractivity contribution in [3.8, 4) is 0 Å². The molecule has 2 aromatic carbocycles. The molecule has 106 valence electrons. The first-order valence-electron chi connectivity index (χ1n) is 6.33. The van der Waals surface area contributed by atoms with Crippen LogP contribution in [0.4, 0.5) is 5.69 Å². The van der Waals surface area contributed by atoms with Gasteiger partial charge in [0.15, 0.2) is 0 Å².